The van der Waals surface area contributed by atoms with Crippen molar-refractivity contribution < 1.29 is 22.0 Å². The largest absolute Gasteiger partial charge is 1.00 e. The molecule has 0 heterocycles. The maximum absolute atomic E-state index is 8.53. The smallest absolute Gasteiger partial charge is 0.0783 e. The molecule has 1 N–H and O–H groups in total. The third-order valence-corrected chi connectivity index (χ3v) is 2.03. The molecule has 0 aliphatic rings. The lowest BCUT2D eigenvalue weighted by atomic mass is 10.3. The fourth-order valence-corrected chi connectivity index (χ4v) is 0.810. The Kier molecular flexibility index (Phi) is 8.63. The summed E-state index contributed by atoms with van der Waals surface area (Å²) >= 11 is 0. The second kappa shape index (κ2) is 6.89. The van der Waals surface area contributed by atoms with Gasteiger partial charge in [0.05, 0.1) is 27.2 Å². The quantitative estimate of drug-likeness (QED) is 0.379. The molecule has 0 aromatic carbocycles. The number of aliphatic hydroxyl groups excluding tert-OH is 1. The van der Waals surface area contributed by atoms with E-state index in [1.54, 1.807) is 0 Å². The van der Waals surface area contributed by atoms with Crippen molar-refractivity contribution in [1.29, 1.82) is 0 Å². The first-order valence-corrected chi connectivity index (χ1v) is 4.05. The molecule has 2 nitrogen and oxygen atoms in total. The van der Waals surface area contributed by atoms with Crippen molar-refractivity contribution in [1.82, 2.24) is 0 Å². The van der Waals surface area contributed by atoms with Crippen molar-refractivity contribution in [3.8, 4) is 0 Å². The number of hydrogen-bond donors (Lipinski definition) is 1. The molecule has 0 amide bonds. The molecule has 3 heteroatoms. The lowest BCUT2D eigenvalue weighted by Crippen LogP contribution is -3.00. The number of unbranched alkanes of at least 4 members (excludes halogenated alkanes) is 1. The van der Waals surface area contributed by atoms with E-state index in [4.69, 9.17) is 5.11 Å². The van der Waals surface area contributed by atoms with Gasteiger partial charge >= 0.3 is 0 Å². The van der Waals surface area contributed by atoms with E-state index in [1.807, 2.05) is 0 Å². The maximum atomic E-state index is 8.53. The minimum absolute atomic E-state index is 0. The normalized spacial score (nSPS) is 10.9. The summed E-state index contributed by atoms with van der Waals surface area (Å²) in [5, 5.41) is 8.53. The van der Waals surface area contributed by atoms with Crippen LogP contribution in [0.4, 0.5) is 0 Å². The number of halogens is 1. The molecule has 11 heavy (non-hydrogen) atoms. The van der Waals surface area contributed by atoms with Gasteiger partial charge in [-0.05, 0) is 19.8 Å². The number of nitrogens with zero attached hydrogens (tertiary/aromatic N) is 1. The SMILES string of the molecule is CC[N+](C)(C)CCCCO.[Cl-]. The van der Waals surface area contributed by atoms with Crippen LogP contribution in [0.2, 0.25) is 0 Å². The first kappa shape index (κ1) is 13.8. The Balaban J connectivity index is 0. The van der Waals surface area contributed by atoms with E-state index in [0.29, 0.717) is 6.61 Å². The van der Waals surface area contributed by atoms with Crippen LogP contribution in [0.1, 0.15) is 19.8 Å². The molecule has 0 aliphatic heterocycles. The zero-order valence-electron chi connectivity index (χ0n) is 7.81. The number of quaternary nitrogens is 1. The molecule has 0 aliphatic carbocycles. The van der Waals surface area contributed by atoms with Crippen molar-refractivity contribution in [2.75, 3.05) is 33.8 Å². The summed E-state index contributed by atoms with van der Waals surface area (Å²) in [6.45, 7) is 4.88. The van der Waals surface area contributed by atoms with E-state index in [2.05, 4.69) is 21.0 Å². The van der Waals surface area contributed by atoms with Gasteiger partial charge in [0.25, 0.3) is 0 Å². The zero-order chi connectivity index (χ0) is 8.04. The van der Waals surface area contributed by atoms with Crippen LogP contribution in [0.3, 0.4) is 0 Å². The van der Waals surface area contributed by atoms with Crippen LogP contribution in [0.15, 0.2) is 0 Å². The average Bonchev–Trinajstić information content (AvgIpc) is 1.89. The van der Waals surface area contributed by atoms with Gasteiger partial charge in [-0.3, -0.25) is 0 Å². The van der Waals surface area contributed by atoms with Crippen molar-refractivity contribution in [3.05, 3.63) is 0 Å². The first-order chi connectivity index (χ1) is 4.62. The highest BCUT2D eigenvalue weighted by Gasteiger charge is 2.09. The number of rotatable bonds is 5. The summed E-state index contributed by atoms with van der Waals surface area (Å²) in [4.78, 5) is 0. The molecule has 0 rings (SSSR count). The fourth-order valence-electron chi connectivity index (χ4n) is 0.810. The van der Waals surface area contributed by atoms with Crippen molar-refractivity contribution in [3.63, 3.8) is 0 Å². The Labute approximate surface area is 76.2 Å². The van der Waals surface area contributed by atoms with Crippen LogP contribution in [0, 0.1) is 0 Å². The van der Waals surface area contributed by atoms with Crippen molar-refractivity contribution >= 4 is 0 Å². The predicted molar refractivity (Wildman–Crippen MR) is 43.8 cm³/mol. The van der Waals surface area contributed by atoms with Crippen LogP contribution in [0.5, 0.6) is 0 Å². The average molecular weight is 182 g/mol. The van der Waals surface area contributed by atoms with Crippen LogP contribution in [-0.2, 0) is 0 Å². The van der Waals surface area contributed by atoms with E-state index in [9.17, 15) is 0 Å². The molecule has 0 saturated heterocycles. The van der Waals surface area contributed by atoms with E-state index >= 15 is 0 Å². The molecule has 0 unspecified atom stereocenters. The Bertz CT molecular complexity index is 86.2. The summed E-state index contributed by atoms with van der Waals surface area (Å²) in [5.74, 6) is 0. The molecular formula is C8H20ClNO. The number of aliphatic hydroxyl groups is 1. The van der Waals surface area contributed by atoms with Crippen molar-refractivity contribution in [2.24, 2.45) is 0 Å². The van der Waals surface area contributed by atoms with Gasteiger partial charge in [-0.25, -0.2) is 0 Å². The van der Waals surface area contributed by atoms with Gasteiger partial charge in [-0.1, -0.05) is 0 Å². The molecule has 70 valence electrons. The Morgan fingerprint density at radius 2 is 1.73 bits per heavy atom. The topological polar surface area (TPSA) is 20.2 Å². The van der Waals surface area contributed by atoms with E-state index in [0.717, 1.165) is 17.3 Å². The van der Waals surface area contributed by atoms with Crippen LogP contribution >= 0.6 is 0 Å². The Morgan fingerprint density at radius 1 is 1.18 bits per heavy atom. The van der Waals surface area contributed by atoms with E-state index in [1.165, 1.54) is 13.1 Å². The van der Waals surface area contributed by atoms with Gasteiger partial charge in [-0.2, -0.15) is 0 Å². The third-order valence-electron chi connectivity index (χ3n) is 2.03. The maximum Gasteiger partial charge on any atom is 0.0783 e. The van der Waals surface area contributed by atoms with Gasteiger partial charge in [0.2, 0.25) is 0 Å². The second-order valence-electron chi connectivity index (χ2n) is 3.41. The van der Waals surface area contributed by atoms with Gasteiger partial charge in [0.15, 0.2) is 0 Å². The minimum atomic E-state index is 0. The van der Waals surface area contributed by atoms with E-state index in [-0.39, 0.29) is 12.4 Å². The Hall–Kier alpha value is 0.210. The third kappa shape index (κ3) is 8.11. The van der Waals surface area contributed by atoms with E-state index < -0.39 is 0 Å². The lowest BCUT2D eigenvalue weighted by Gasteiger charge is -2.27. The highest BCUT2D eigenvalue weighted by Crippen LogP contribution is 1.99. The van der Waals surface area contributed by atoms with Gasteiger partial charge in [-0.15, -0.1) is 0 Å². The summed E-state index contributed by atoms with van der Waals surface area (Å²) in [5.41, 5.74) is 0. The molecule has 0 saturated carbocycles. The predicted octanol–water partition coefficient (Wildman–Crippen LogP) is -2.14. The van der Waals surface area contributed by atoms with Gasteiger partial charge < -0.3 is 22.0 Å². The fraction of sp³-hybridized carbons (Fsp3) is 1.00. The van der Waals surface area contributed by atoms with Gasteiger partial charge in [0, 0.05) is 6.61 Å². The minimum Gasteiger partial charge on any atom is -1.00 e. The van der Waals surface area contributed by atoms with Crippen LogP contribution < -0.4 is 12.4 Å². The van der Waals surface area contributed by atoms with Crippen LogP contribution in [-0.4, -0.2) is 43.4 Å². The molecule has 0 bridgehead atoms. The molecule has 0 fully saturated rings. The zero-order valence-corrected chi connectivity index (χ0v) is 8.56. The highest BCUT2D eigenvalue weighted by atomic mass is 35.5. The molecular weight excluding hydrogens is 162 g/mol. The Morgan fingerprint density at radius 3 is 2.09 bits per heavy atom. The molecule has 0 radical (unpaired) electrons. The summed E-state index contributed by atoms with van der Waals surface area (Å²) in [7, 11) is 4.44. The standard InChI is InChI=1S/C8H20NO.ClH/c1-4-9(2,3)7-5-6-8-10;/h10H,4-8H2,1-3H3;1H/q+1;/p-1. The first-order valence-electron chi connectivity index (χ1n) is 4.05. The number of hydrogen-bond acceptors (Lipinski definition) is 1. The summed E-state index contributed by atoms with van der Waals surface area (Å²) in [6, 6.07) is 0. The summed E-state index contributed by atoms with van der Waals surface area (Å²) in [6.07, 6.45) is 2.08. The molecule has 0 aromatic heterocycles. The molecule has 0 aromatic rings. The second-order valence-corrected chi connectivity index (χ2v) is 3.41. The van der Waals surface area contributed by atoms with Crippen molar-refractivity contribution in [2.45, 2.75) is 19.8 Å². The van der Waals surface area contributed by atoms with Crippen LogP contribution in [0.25, 0.3) is 0 Å². The monoisotopic (exact) mass is 181 g/mol. The van der Waals surface area contributed by atoms with Gasteiger partial charge in [0.1, 0.15) is 0 Å². The summed E-state index contributed by atoms with van der Waals surface area (Å²) < 4.78 is 1.07. The lowest BCUT2D eigenvalue weighted by molar-refractivity contribution is -0.888. The molecule has 0 spiro atoms. The highest BCUT2D eigenvalue weighted by molar-refractivity contribution is 4.36. The molecule has 0 atom stereocenters.